The molecule has 0 spiro atoms. The van der Waals surface area contributed by atoms with Crippen molar-refractivity contribution >= 4 is 17.2 Å². The summed E-state index contributed by atoms with van der Waals surface area (Å²) in [6.45, 7) is 17.1. The molecular weight excluding hydrogens is 314 g/mol. The summed E-state index contributed by atoms with van der Waals surface area (Å²) in [5.41, 5.74) is 1.76. The van der Waals surface area contributed by atoms with Gasteiger partial charge in [-0.05, 0) is 36.8 Å². The van der Waals surface area contributed by atoms with E-state index >= 15 is 0 Å². The summed E-state index contributed by atoms with van der Waals surface area (Å²) in [5, 5.41) is 10.9. The molecule has 0 radical (unpaired) electrons. The van der Waals surface area contributed by atoms with Crippen molar-refractivity contribution in [3.63, 3.8) is 0 Å². The van der Waals surface area contributed by atoms with Crippen LogP contribution in [0.15, 0.2) is 23.2 Å². The predicted molar refractivity (Wildman–Crippen MR) is 106 cm³/mol. The predicted octanol–water partition coefficient (Wildman–Crippen LogP) is 5.59. The quantitative estimate of drug-likeness (QED) is 0.266. The molecule has 0 unspecified atom stereocenters. The molecular formula is C20H33N3O2. The van der Waals surface area contributed by atoms with Gasteiger partial charge in [0.05, 0.1) is 10.6 Å². The smallest absolute Gasteiger partial charge is 0.269 e. The van der Waals surface area contributed by atoms with E-state index in [9.17, 15) is 10.1 Å². The molecule has 0 bridgehead atoms. The van der Waals surface area contributed by atoms with Gasteiger partial charge in [0, 0.05) is 31.1 Å². The van der Waals surface area contributed by atoms with Gasteiger partial charge >= 0.3 is 0 Å². The summed E-state index contributed by atoms with van der Waals surface area (Å²) in [5.74, 6) is 2.55. The third-order valence-corrected chi connectivity index (χ3v) is 4.03. The number of non-ortho nitro benzene ring substituents is 1. The standard InChI is InChI=1S/C20H33N3O2/c1-14(2)10-11-22(13-15(3)4)20(16(5)6)21-19-9-8-18(23(24)25)12-17(19)7/h8-9,12,14-16H,10-11,13H2,1-7H3. The molecule has 5 heteroatoms. The van der Waals surface area contributed by atoms with E-state index in [0.29, 0.717) is 17.8 Å². The van der Waals surface area contributed by atoms with Gasteiger partial charge in [-0.2, -0.15) is 0 Å². The molecule has 5 nitrogen and oxygen atoms in total. The van der Waals surface area contributed by atoms with E-state index in [0.717, 1.165) is 36.6 Å². The van der Waals surface area contributed by atoms with E-state index in [4.69, 9.17) is 4.99 Å². The molecule has 0 amide bonds. The Balaban J connectivity index is 3.21. The molecule has 0 aromatic heterocycles. The Morgan fingerprint density at radius 3 is 2.24 bits per heavy atom. The normalized spacial score (nSPS) is 12.3. The fourth-order valence-electron chi connectivity index (χ4n) is 2.72. The second kappa shape index (κ2) is 9.54. The van der Waals surface area contributed by atoms with Crippen LogP contribution in [0.1, 0.15) is 53.5 Å². The van der Waals surface area contributed by atoms with Crippen LogP contribution < -0.4 is 0 Å². The fourth-order valence-corrected chi connectivity index (χ4v) is 2.72. The maximum absolute atomic E-state index is 10.9. The molecule has 0 aliphatic rings. The lowest BCUT2D eigenvalue weighted by molar-refractivity contribution is -0.384. The summed E-state index contributed by atoms with van der Waals surface area (Å²) in [4.78, 5) is 17.9. The Morgan fingerprint density at radius 2 is 1.80 bits per heavy atom. The largest absolute Gasteiger partial charge is 0.360 e. The fraction of sp³-hybridized carbons (Fsp3) is 0.650. The number of nitro benzene ring substituents is 1. The van der Waals surface area contributed by atoms with Gasteiger partial charge in [-0.15, -0.1) is 0 Å². The Kier molecular flexibility index (Phi) is 8.07. The van der Waals surface area contributed by atoms with Gasteiger partial charge in [-0.25, -0.2) is 4.99 Å². The van der Waals surface area contributed by atoms with E-state index in [1.807, 2.05) is 6.92 Å². The molecule has 0 aliphatic carbocycles. The minimum Gasteiger partial charge on any atom is -0.360 e. The van der Waals surface area contributed by atoms with Crippen LogP contribution in [-0.2, 0) is 0 Å². The van der Waals surface area contributed by atoms with E-state index in [2.05, 4.69) is 46.4 Å². The average Bonchev–Trinajstić information content (AvgIpc) is 2.49. The van der Waals surface area contributed by atoms with Gasteiger partial charge in [0.15, 0.2) is 0 Å². The average molecular weight is 348 g/mol. The van der Waals surface area contributed by atoms with Gasteiger partial charge in [-0.3, -0.25) is 10.1 Å². The Hall–Kier alpha value is -1.91. The van der Waals surface area contributed by atoms with Crippen LogP contribution in [0.4, 0.5) is 11.4 Å². The molecule has 0 fully saturated rings. The monoisotopic (exact) mass is 347 g/mol. The lowest BCUT2D eigenvalue weighted by Gasteiger charge is -2.31. The third-order valence-electron chi connectivity index (χ3n) is 4.03. The molecule has 1 aromatic rings. The molecule has 1 aromatic carbocycles. The van der Waals surface area contributed by atoms with Crippen LogP contribution in [-0.4, -0.2) is 28.7 Å². The summed E-state index contributed by atoms with van der Waals surface area (Å²) < 4.78 is 0. The van der Waals surface area contributed by atoms with Gasteiger partial charge < -0.3 is 4.90 Å². The number of aliphatic imine (C=N–C) groups is 1. The van der Waals surface area contributed by atoms with Crippen molar-refractivity contribution in [2.45, 2.75) is 54.9 Å². The first-order chi connectivity index (χ1) is 11.6. The van der Waals surface area contributed by atoms with Crippen molar-refractivity contribution in [2.24, 2.45) is 22.7 Å². The number of aryl methyl sites for hydroxylation is 1. The van der Waals surface area contributed by atoms with Gasteiger partial charge in [-0.1, -0.05) is 41.5 Å². The highest BCUT2D eigenvalue weighted by Crippen LogP contribution is 2.25. The SMILES string of the molecule is Cc1cc([N+](=O)[O-])ccc1N=C(C(C)C)N(CCC(C)C)CC(C)C. The molecule has 0 N–H and O–H groups in total. The van der Waals surface area contributed by atoms with Crippen molar-refractivity contribution in [1.29, 1.82) is 0 Å². The van der Waals surface area contributed by atoms with Crippen LogP contribution in [0.3, 0.4) is 0 Å². The Labute approximate surface area is 152 Å². The molecule has 25 heavy (non-hydrogen) atoms. The summed E-state index contributed by atoms with van der Waals surface area (Å²) in [7, 11) is 0. The third kappa shape index (κ3) is 6.85. The van der Waals surface area contributed by atoms with E-state index < -0.39 is 0 Å². The zero-order valence-corrected chi connectivity index (χ0v) is 16.7. The number of nitro groups is 1. The zero-order chi connectivity index (χ0) is 19.1. The first kappa shape index (κ1) is 21.1. The molecule has 0 saturated heterocycles. The van der Waals surface area contributed by atoms with Crippen LogP contribution in [0, 0.1) is 34.8 Å². The maximum Gasteiger partial charge on any atom is 0.269 e. The van der Waals surface area contributed by atoms with Gasteiger partial charge in [0.25, 0.3) is 5.69 Å². The summed E-state index contributed by atoms with van der Waals surface area (Å²) in [6.07, 6.45) is 1.12. The zero-order valence-electron chi connectivity index (χ0n) is 16.7. The van der Waals surface area contributed by atoms with Crippen molar-refractivity contribution in [1.82, 2.24) is 4.90 Å². The van der Waals surface area contributed by atoms with E-state index in [1.165, 1.54) is 6.07 Å². The molecule has 0 heterocycles. The number of rotatable bonds is 8. The van der Waals surface area contributed by atoms with Gasteiger partial charge in [0.1, 0.15) is 5.84 Å². The second-order valence-electron chi connectivity index (χ2n) is 7.87. The number of hydrogen-bond donors (Lipinski definition) is 0. The minimum absolute atomic E-state index is 0.112. The lowest BCUT2D eigenvalue weighted by Crippen LogP contribution is -2.38. The van der Waals surface area contributed by atoms with Crippen LogP contribution in [0.5, 0.6) is 0 Å². The van der Waals surface area contributed by atoms with Crippen LogP contribution in [0.2, 0.25) is 0 Å². The van der Waals surface area contributed by atoms with E-state index in [1.54, 1.807) is 12.1 Å². The Bertz CT molecular complexity index is 607. The number of nitrogens with zero attached hydrogens (tertiary/aromatic N) is 3. The second-order valence-corrected chi connectivity index (χ2v) is 7.87. The first-order valence-electron chi connectivity index (χ1n) is 9.20. The number of amidine groups is 1. The number of benzene rings is 1. The minimum atomic E-state index is -0.364. The Morgan fingerprint density at radius 1 is 1.16 bits per heavy atom. The number of hydrogen-bond acceptors (Lipinski definition) is 3. The van der Waals surface area contributed by atoms with Crippen LogP contribution >= 0.6 is 0 Å². The van der Waals surface area contributed by atoms with E-state index in [-0.39, 0.29) is 10.6 Å². The molecule has 0 saturated carbocycles. The molecule has 1 rings (SSSR count). The van der Waals surface area contributed by atoms with Crippen molar-refractivity contribution in [3.05, 3.63) is 33.9 Å². The highest BCUT2D eigenvalue weighted by atomic mass is 16.6. The van der Waals surface area contributed by atoms with Crippen molar-refractivity contribution in [2.75, 3.05) is 13.1 Å². The lowest BCUT2D eigenvalue weighted by atomic mass is 10.1. The highest BCUT2D eigenvalue weighted by molar-refractivity contribution is 5.87. The summed E-state index contributed by atoms with van der Waals surface area (Å²) >= 11 is 0. The molecule has 140 valence electrons. The van der Waals surface area contributed by atoms with Crippen LogP contribution in [0.25, 0.3) is 0 Å². The topological polar surface area (TPSA) is 58.7 Å². The first-order valence-corrected chi connectivity index (χ1v) is 9.20. The highest BCUT2D eigenvalue weighted by Gasteiger charge is 2.18. The summed E-state index contributed by atoms with van der Waals surface area (Å²) in [6, 6.07) is 4.88. The maximum atomic E-state index is 10.9. The molecule has 0 atom stereocenters. The van der Waals surface area contributed by atoms with Gasteiger partial charge in [0.2, 0.25) is 0 Å². The van der Waals surface area contributed by atoms with Crippen molar-refractivity contribution in [3.8, 4) is 0 Å². The molecule has 0 aliphatic heterocycles. The van der Waals surface area contributed by atoms with Crippen molar-refractivity contribution < 1.29 is 4.92 Å².